The number of carbonyl (C=O) groups excluding carboxylic acids is 3. The molecule has 0 saturated carbocycles. The molecule has 0 unspecified atom stereocenters. The topological polar surface area (TPSA) is 148 Å². The van der Waals surface area contributed by atoms with Crippen molar-refractivity contribution in [3.8, 4) is 0 Å². The van der Waals surface area contributed by atoms with Gasteiger partial charge in [-0.25, -0.2) is 4.79 Å². The van der Waals surface area contributed by atoms with Gasteiger partial charge in [-0.3, -0.25) is 14.9 Å². The zero-order valence-corrected chi connectivity index (χ0v) is 23.1. The summed E-state index contributed by atoms with van der Waals surface area (Å²) in [6.07, 6.45) is 3.18. The van der Waals surface area contributed by atoms with Crippen LogP contribution < -0.4 is 16.0 Å². The Morgan fingerprint density at radius 3 is 2.09 bits per heavy atom. The number of rotatable bonds is 13. The quantitative estimate of drug-likeness (QED) is 0.320. The Labute approximate surface area is 217 Å². The fraction of sp³-hybridized carbons (Fsp3) is 0.667. The first-order valence-corrected chi connectivity index (χ1v) is 14.2. The summed E-state index contributed by atoms with van der Waals surface area (Å²) in [5, 5.41) is 26.9. The minimum atomic E-state index is -0.779. The first kappa shape index (κ1) is 28.9. The molecular weight excluding hydrogens is 510 g/mol. The Kier molecular flexibility index (Phi) is 11.8. The Hall–Kier alpha value is -2.32. The number of ether oxygens (including phenoxy) is 1. The van der Waals surface area contributed by atoms with Crippen molar-refractivity contribution in [2.75, 3.05) is 22.1 Å². The molecule has 3 amide bonds. The summed E-state index contributed by atoms with van der Waals surface area (Å²) in [5.74, 6) is 1.30. The van der Waals surface area contributed by atoms with Crippen LogP contribution in [0.2, 0.25) is 0 Å². The third-order valence-corrected chi connectivity index (χ3v) is 7.00. The summed E-state index contributed by atoms with van der Waals surface area (Å²) in [4.78, 5) is 35.9. The van der Waals surface area contributed by atoms with E-state index in [9.17, 15) is 14.4 Å². The van der Waals surface area contributed by atoms with Gasteiger partial charge in [0.2, 0.25) is 22.1 Å². The average Bonchev–Trinajstić information content (AvgIpc) is 3.39. The maximum absolute atomic E-state index is 12.3. The Morgan fingerprint density at radius 2 is 1.54 bits per heavy atom. The normalized spacial score (nSPS) is 12.1. The average molecular weight is 544 g/mol. The van der Waals surface area contributed by atoms with E-state index < -0.39 is 23.6 Å². The Balaban J connectivity index is 1.65. The van der Waals surface area contributed by atoms with Crippen LogP contribution in [0.1, 0.15) is 63.9 Å². The van der Waals surface area contributed by atoms with Gasteiger partial charge in [-0.05, 0) is 45.6 Å². The zero-order valence-electron chi connectivity index (χ0n) is 20.7. The van der Waals surface area contributed by atoms with Crippen molar-refractivity contribution >= 4 is 62.6 Å². The predicted molar refractivity (Wildman–Crippen MR) is 140 cm³/mol. The minimum absolute atomic E-state index is 0.0229. The van der Waals surface area contributed by atoms with E-state index in [1.807, 2.05) is 6.92 Å². The predicted octanol–water partition coefficient (Wildman–Crippen LogP) is 3.89. The second kappa shape index (κ2) is 14.3. The van der Waals surface area contributed by atoms with E-state index >= 15 is 0 Å². The molecule has 0 spiro atoms. The van der Waals surface area contributed by atoms with Gasteiger partial charge < -0.3 is 15.4 Å². The first-order chi connectivity index (χ1) is 16.6. The highest BCUT2D eigenvalue weighted by molar-refractivity contribution is 7.99. The summed E-state index contributed by atoms with van der Waals surface area (Å²) in [6.45, 7) is 8.87. The van der Waals surface area contributed by atoms with Gasteiger partial charge in [0.1, 0.15) is 21.7 Å². The maximum Gasteiger partial charge on any atom is 0.408 e. The van der Waals surface area contributed by atoms with Crippen LogP contribution in [0.5, 0.6) is 0 Å². The lowest BCUT2D eigenvalue weighted by atomic mass is 10.2. The van der Waals surface area contributed by atoms with E-state index in [1.54, 1.807) is 39.5 Å². The van der Waals surface area contributed by atoms with Crippen LogP contribution in [0.15, 0.2) is 0 Å². The lowest BCUT2D eigenvalue weighted by Gasteiger charge is -2.21. The van der Waals surface area contributed by atoms with Crippen molar-refractivity contribution in [2.24, 2.45) is 0 Å². The summed E-state index contributed by atoms with van der Waals surface area (Å²) in [5.41, 5.74) is -0.641. The first-order valence-electron chi connectivity index (χ1n) is 11.4. The van der Waals surface area contributed by atoms with Gasteiger partial charge in [-0.1, -0.05) is 36.0 Å². The molecule has 11 nitrogen and oxygen atoms in total. The second-order valence-corrected chi connectivity index (χ2v) is 12.0. The lowest BCUT2D eigenvalue weighted by molar-refractivity contribution is -0.118. The highest BCUT2D eigenvalue weighted by Gasteiger charge is 2.22. The molecule has 194 valence electrons. The molecule has 0 aliphatic rings. The molecule has 0 aliphatic heterocycles. The van der Waals surface area contributed by atoms with Gasteiger partial charge in [0.15, 0.2) is 0 Å². The number of hydrogen-bond donors (Lipinski definition) is 3. The SMILES string of the molecule is CCCCC(=O)Nc1nnc(CCSCCc2nnc(NC(=O)[C@H](C)NC(=O)OC(C)(C)C)s2)s1. The van der Waals surface area contributed by atoms with Crippen molar-refractivity contribution in [3.63, 3.8) is 0 Å². The van der Waals surface area contributed by atoms with Gasteiger partial charge in [0.05, 0.1) is 0 Å². The molecular formula is C21H33N7O4S3. The molecule has 35 heavy (non-hydrogen) atoms. The van der Waals surface area contributed by atoms with Crippen LogP contribution in [-0.2, 0) is 27.2 Å². The van der Waals surface area contributed by atoms with Gasteiger partial charge in [-0.2, -0.15) is 11.8 Å². The van der Waals surface area contributed by atoms with Crippen LogP contribution >= 0.6 is 34.4 Å². The summed E-state index contributed by atoms with van der Waals surface area (Å²) < 4.78 is 5.15. The molecule has 0 bridgehead atoms. The highest BCUT2D eigenvalue weighted by Crippen LogP contribution is 2.20. The third-order valence-electron chi connectivity index (χ3n) is 4.21. The van der Waals surface area contributed by atoms with Crippen LogP contribution in [0.3, 0.4) is 0 Å². The van der Waals surface area contributed by atoms with Gasteiger partial charge >= 0.3 is 6.09 Å². The number of hydrogen-bond acceptors (Lipinski definition) is 11. The fourth-order valence-electron chi connectivity index (χ4n) is 2.51. The zero-order chi connectivity index (χ0) is 25.8. The highest BCUT2D eigenvalue weighted by atomic mass is 32.2. The number of thioether (sulfide) groups is 1. The molecule has 0 saturated heterocycles. The number of aryl methyl sites for hydroxylation is 2. The van der Waals surface area contributed by atoms with Gasteiger partial charge in [0.25, 0.3) is 0 Å². The molecule has 2 heterocycles. The van der Waals surface area contributed by atoms with Crippen LogP contribution in [-0.4, -0.2) is 61.5 Å². The molecule has 2 aromatic rings. The maximum atomic E-state index is 12.3. The number of aromatic nitrogens is 4. The van der Waals surface area contributed by atoms with E-state index in [0.717, 1.165) is 47.2 Å². The van der Waals surface area contributed by atoms with Gasteiger partial charge in [0, 0.05) is 19.3 Å². The lowest BCUT2D eigenvalue weighted by Crippen LogP contribution is -2.43. The number of nitrogens with one attached hydrogen (secondary N) is 3. The van der Waals surface area contributed by atoms with Crippen LogP contribution in [0, 0.1) is 0 Å². The van der Waals surface area contributed by atoms with Crippen molar-refractivity contribution in [2.45, 2.75) is 78.4 Å². The number of amides is 3. The molecule has 0 aromatic carbocycles. The van der Waals surface area contributed by atoms with E-state index in [4.69, 9.17) is 4.74 Å². The molecule has 2 aromatic heterocycles. The smallest absolute Gasteiger partial charge is 0.408 e. The summed E-state index contributed by atoms with van der Waals surface area (Å²) in [6, 6.07) is -0.779. The van der Waals surface area contributed by atoms with Crippen molar-refractivity contribution < 1.29 is 19.1 Å². The fourth-order valence-corrected chi connectivity index (χ4v) is 5.15. The second-order valence-electron chi connectivity index (χ2n) is 8.62. The van der Waals surface area contributed by atoms with Crippen LogP contribution in [0.4, 0.5) is 15.1 Å². The molecule has 0 radical (unpaired) electrons. The number of carbonyl (C=O) groups is 3. The van der Waals surface area contributed by atoms with Crippen LogP contribution in [0.25, 0.3) is 0 Å². The molecule has 1 atom stereocenters. The van der Waals surface area contributed by atoms with E-state index in [1.165, 1.54) is 22.7 Å². The molecule has 14 heteroatoms. The number of alkyl carbamates (subject to hydrolysis) is 1. The van der Waals surface area contributed by atoms with E-state index in [0.29, 0.717) is 16.7 Å². The molecule has 3 N–H and O–H groups in total. The summed E-state index contributed by atoms with van der Waals surface area (Å²) in [7, 11) is 0. The largest absolute Gasteiger partial charge is 0.444 e. The van der Waals surface area contributed by atoms with Crippen molar-refractivity contribution in [1.82, 2.24) is 25.7 Å². The molecule has 0 fully saturated rings. The van der Waals surface area contributed by atoms with Crippen molar-refractivity contribution in [3.05, 3.63) is 10.0 Å². The Bertz CT molecular complexity index is 974. The van der Waals surface area contributed by atoms with Gasteiger partial charge in [-0.15, -0.1) is 20.4 Å². The standard InChI is InChI=1S/C21H33N7O4S3/c1-6-7-8-14(29)23-18-27-25-15(34-18)9-11-33-12-10-16-26-28-19(35-16)24-17(30)13(2)22-20(31)32-21(3,4)5/h13H,6-12H2,1-5H3,(H,22,31)(H,23,27,29)(H,24,28,30)/t13-/m0/s1. The molecule has 0 aliphatic carbocycles. The number of anilines is 2. The van der Waals surface area contributed by atoms with E-state index in [-0.39, 0.29) is 5.91 Å². The number of unbranched alkanes of at least 4 members (excludes halogenated alkanes) is 1. The monoisotopic (exact) mass is 543 g/mol. The minimum Gasteiger partial charge on any atom is -0.444 e. The molecule has 2 rings (SSSR count). The Morgan fingerprint density at radius 1 is 0.971 bits per heavy atom. The summed E-state index contributed by atoms with van der Waals surface area (Å²) >= 11 is 4.47. The van der Waals surface area contributed by atoms with E-state index in [2.05, 4.69) is 36.3 Å². The third kappa shape index (κ3) is 11.8. The number of nitrogens with zero attached hydrogens (tertiary/aromatic N) is 4. The van der Waals surface area contributed by atoms with Crippen molar-refractivity contribution in [1.29, 1.82) is 0 Å².